The van der Waals surface area contributed by atoms with Gasteiger partial charge in [0.15, 0.2) is 5.65 Å². The molecule has 0 atom stereocenters. The van der Waals surface area contributed by atoms with Crippen LogP contribution in [0.25, 0.3) is 16.8 Å². The second-order valence-electron chi connectivity index (χ2n) is 5.39. The summed E-state index contributed by atoms with van der Waals surface area (Å²) in [5.41, 5.74) is 1.68. The summed E-state index contributed by atoms with van der Waals surface area (Å²) in [7, 11) is -4.03. The zero-order valence-electron chi connectivity index (χ0n) is 14.0. The van der Waals surface area contributed by atoms with Gasteiger partial charge in [-0.05, 0) is 25.1 Å². The van der Waals surface area contributed by atoms with Gasteiger partial charge in [-0.1, -0.05) is 4.47 Å². The van der Waals surface area contributed by atoms with Crippen LogP contribution in [0.2, 0.25) is 0 Å². The SMILES string of the molecule is CCN(O)S(=O)(=O)c1cncc(-c2ccc3nc(NC(C)=O)nn3c2)c1. The van der Waals surface area contributed by atoms with Crippen LogP contribution in [0, 0.1) is 0 Å². The van der Waals surface area contributed by atoms with Crippen LogP contribution in [0.1, 0.15) is 13.8 Å². The summed E-state index contributed by atoms with van der Waals surface area (Å²) in [4.78, 5) is 19.1. The predicted molar refractivity (Wildman–Crippen MR) is 91.9 cm³/mol. The minimum atomic E-state index is -4.03. The number of carbonyl (C=O) groups excluding carboxylic acids is 1. The normalized spacial score (nSPS) is 11.8. The molecule has 3 rings (SSSR count). The fourth-order valence-corrected chi connectivity index (χ4v) is 3.33. The van der Waals surface area contributed by atoms with Gasteiger partial charge in [0.2, 0.25) is 11.9 Å². The first kappa shape index (κ1) is 17.9. The minimum Gasteiger partial charge on any atom is -0.299 e. The molecule has 26 heavy (non-hydrogen) atoms. The maximum atomic E-state index is 12.2. The van der Waals surface area contributed by atoms with Crippen molar-refractivity contribution in [2.75, 3.05) is 11.9 Å². The number of nitrogens with zero attached hydrogens (tertiary/aromatic N) is 5. The van der Waals surface area contributed by atoms with E-state index < -0.39 is 10.0 Å². The molecule has 1 amide bonds. The molecule has 0 aliphatic heterocycles. The Hall–Kier alpha value is -2.89. The fourth-order valence-electron chi connectivity index (χ4n) is 2.27. The van der Waals surface area contributed by atoms with Crippen molar-refractivity contribution in [1.82, 2.24) is 24.1 Å². The highest BCUT2D eigenvalue weighted by Gasteiger charge is 2.22. The van der Waals surface area contributed by atoms with Gasteiger partial charge >= 0.3 is 0 Å². The van der Waals surface area contributed by atoms with Crippen molar-refractivity contribution in [2.24, 2.45) is 0 Å². The highest BCUT2D eigenvalue weighted by molar-refractivity contribution is 7.89. The first-order chi connectivity index (χ1) is 12.3. The second-order valence-corrected chi connectivity index (χ2v) is 7.23. The van der Waals surface area contributed by atoms with Crippen LogP contribution in [0.3, 0.4) is 0 Å². The number of carbonyl (C=O) groups is 1. The number of anilines is 1. The van der Waals surface area contributed by atoms with Gasteiger partial charge in [0.25, 0.3) is 10.0 Å². The molecule has 3 heterocycles. The van der Waals surface area contributed by atoms with Crippen molar-refractivity contribution in [3.63, 3.8) is 0 Å². The summed E-state index contributed by atoms with van der Waals surface area (Å²) >= 11 is 0. The van der Waals surface area contributed by atoms with E-state index >= 15 is 0 Å². The molecule has 0 fully saturated rings. The number of nitrogens with one attached hydrogen (secondary N) is 1. The highest BCUT2D eigenvalue weighted by Crippen LogP contribution is 2.23. The van der Waals surface area contributed by atoms with E-state index in [-0.39, 0.29) is 27.8 Å². The number of fused-ring (bicyclic) bond motifs is 1. The van der Waals surface area contributed by atoms with Crippen LogP contribution in [0.5, 0.6) is 0 Å². The van der Waals surface area contributed by atoms with Crippen LogP contribution in [-0.4, -0.2) is 50.1 Å². The van der Waals surface area contributed by atoms with E-state index in [4.69, 9.17) is 0 Å². The van der Waals surface area contributed by atoms with Crippen molar-refractivity contribution in [3.8, 4) is 11.1 Å². The third kappa shape index (κ3) is 3.40. The maximum absolute atomic E-state index is 12.2. The molecular formula is C15H16N6O4S. The van der Waals surface area contributed by atoms with Crippen LogP contribution >= 0.6 is 0 Å². The third-order valence-corrected chi connectivity index (χ3v) is 5.14. The van der Waals surface area contributed by atoms with Crippen LogP contribution < -0.4 is 5.32 Å². The summed E-state index contributed by atoms with van der Waals surface area (Å²) in [5.74, 6) is -0.115. The summed E-state index contributed by atoms with van der Waals surface area (Å²) in [6.45, 7) is 2.79. The molecule has 3 aromatic heterocycles. The lowest BCUT2D eigenvalue weighted by atomic mass is 10.1. The quantitative estimate of drug-likeness (QED) is 0.639. The molecule has 0 aliphatic carbocycles. The zero-order chi connectivity index (χ0) is 18.9. The number of hydrogen-bond donors (Lipinski definition) is 2. The fraction of sp³-hybridized carbons (Fsp3) is 0.200. The molecule has 0 radical (unpaired) electrons. The highest BCUT2D eigenvalue weighted by atomic mass is 32.2. The van der Waals surface area contributed by atoms with Gasteiger partial charge in [0.05, 0.1) is 0 Å². The third-order valence-electron chi connectivity index (χ3n) is 3.51. The number of hydroxylamine groups is 1. The molecule has 11 heteroatoms. The molecule has 0 saturated carbocycles. The minimum absolute atomic E-state index is 0.0800. The summed E-state index contributed by atoms with van der Waals surface area (Å²) in [5, 5.41) is 16.2. The van der Waals surface area contributed by atoms with E-state index in [9.17, 15) is 18.4 Å². The van der Waals surface area contributed by atoms with Gasteiger partial charge in [-0.15, -0.1) is 5.10 Å². The molecule has 0 spiro atoms. The number of hydrogen-bond acceptors (Lipinski definition) is 7. The van der Waals surface area contributed by atoms with Gasteiger partial charge < -0.3 is 0 Å². The molecule has 0 aromatic carbocycles. The van der Waals surface area contributed by atoms with Crippen molar-refractivity contribution >= 4 is 27.5 Å². The Labute approximate surface area is 149 Å². The first-order valence-electron chi connectivity index (χ1n) is 7.62. The summed E-state index contributed by atoms with van der Waals surface area (Å²) in [6, 6.07) is 4.82. The molecular weight excluding hydrogens is 360 g/mol. The molecule has 0 unspecified atom stereocenters. The smallest absolute Gasteiger partial charge is 0.266 e. The predicted octanol–water partition coefficient (Wildman–Crippen LogP) is 1.15. The Bertz CT molecular complexity index is 1080. The molecule has 0 saturated heterocycles. The largest absolute Gasteiger partial charge is 0.299 e. The lowest BCUT2D eigenvalue weighted by Gasteiger charge is -2.13. The van der Waals surface area contributed by atoms with Gasteiger partial charge in [0, 0.05) is 43.2 Å². The average molecular weight is 376 g/mol. The topological polar surface area (TPSA) is 130 Å². The van der Waals surface area contributed by atoms with Gasteiger partial charge in [0.1, 0.15) is 4.90 Å². The van der Waals surface area contributed by atoms with Crippen molar-refractivity contribution in [3.05, 3.63) is 36.8 Å². The van der Waals surface area contributed by atoms with Crippen molar-refractivity contribution in [1.29, 1.82) is 0 Å². The summed E-state index contributed by atoms with van der Waals surface area (Å²) < 4.78 is 26.2. The Morgan fingerprint density at radius 1 is 1.31 bits per heavy atom. The number of rotatable bonds is 5. The van der Waals surface area contributed by atoms with Crippen LogP contribution in [-0.2, 0) is 14.8 Å². The number of amides is 1. The van der Waals surface area contributed by atoms with E-state index in [1.54, 1.807) is 18.3 Å². The first-order valence-corrected chi connectivity index (χ1v) is 9.06. The maximum Gasteiger partial charge on any atom is 0.266 e. The van der Waals surface area contributed by atoms with Gasteiger partial charge in [-0.2, -0.15) is 4.98 Å². The zero-order valence-corrected chi connectivity index (χ0v) is 14.8. The Morgan fingerprint density at radius 3 is 2.77 bits per heavy atom. The molecule has 10 nitrogen and oxygen atoms in total. The molecule has 136 valence electrons. The van der Waals surface area contributed by atoms with Gasteiger partial charge in [-0.25, -0.2) is 12.9 Å². The molecule has 0 bridgehead atoms. The van der Waals surface area contributed by atoms with Gasteiger partial charge in [-0.3, -0.25) is 20.3 Å². The Balaban J connectivity index is 2.01. The standard InChI is InChI=1S/C15H16N6O4S/c1-3-21(23)26(24,25)13-6-12(7-16-8-13)11-4-5-14-18-15(17-10(2)22)19-20(14)9-11/h4-9,23H,3H2,1-2H3,(H,17,19,22). The number of aromatic nitrogens is 4. The van der Waals surface area contributed by atoms with E-state index in [1.165, 1.54) is 36.8 Å². The van der Waals surface area contributed by atoms with E-state index in [1.807, 2.05) is 0 Å². The summed E-state index contributed by atoms with van der Waals surface area (Å²) in [6.07, 6.45) is 4.30. The van der Waals surface area contributed by atoms with E-state index in [0.717, 1.165) is 0 Å². The molecule has 3 aromatic rings. The van der Waals surface area contributed by atoms with E-state index in [2.05, 4.69) is 20.4 Å². The lowest BCUT2D eigenvalue weighted by Crippen LogP contribution is -2.27. The second kappa shape index (κ2) is 6.78. The molecule has 2 N–H and O–H groups in total. The van der Waals surface area contributed by atoms with Crippen LogP contribution in [0.15, 0.2) is 41.7 Å². The van der Waals surface area contributed by atoms with Crippen LogP contribution in [0.4, 0.5) is 5.95 Å². The molecule has 0 aliphatic rings. The number of sulfonamides is 1. The van der Waals surface area contributed by atoms with Crippen molar-refractivity contribution < 1.29 is 18.4 Å². The number of pyridine rings is 2. The monoisotopic (exact) mass is 376 g/mol. The Morgan fingerprint density at radius 2 is 2.08 bits per heavy atom. The lowest BCUT2D eigenvalue weighted by molar-refractivity contribution is -0.114. The van der Waals surface area contributed by atoms with Crippen molar-refractivity contribution in [2.45, 2.75) is 18.7 Å². The average Bonchev–Trinajstić information content (AvgIpc) is 3.01. The Kier molecular flexibility index (Phi) is 4.68. The van der Waals surface area contributed by atoms with E-state index in [0.29, 0.717) is 16.8 Å².